The molecular formula is C18H24FN3O3. The zero-order chi connectivity index (χ0) is 17.6. The molecule has 0 unspecified atom stereocenters. The molecule has 1 aromatic carbocycles. The largest absolute Gasteiger partial charge is 0.494 e. The SMILES string of the molecule is COc1ccc(CCc2noc(CC3CCN(OC)CC3)n2)cc1F. The Morgan fingerprint density at radius 2 is 2.04 bits per heavy atom. The second kappa shape index (κ2) is 8.40. The van der Waals surface area contributed by atoms with Gasteiger partial charge in [0, 0.05) is 25.9 Å². The normalized spacial score (nSPS) is 16.3. The summed E-state index contributed by atoms with van der Waals surface area (Å²) in [5, 5.41) is 6.02. The summed E-state index contributed by atoms with van der Waals surface area (Å²) in [5.74, 6) is 1.81. The molecule has 136 valence electrons. The summed E-state index contributed by atoms with van der Waals surface area (Å²) in [7, 11) is 3.16. The lowest BCUT2D eigenvalue weighted by molar-refractivity contribution is -0.148. The molecule has 2 aromatic rings. The van der Waals surface area contributed by atoms with Crippen LogP contribution in [-0.2, 0) is 24.1 Å². The lowest BCUT2D eigenvalue weighted by atomic mass is 9.94. The van der Waals surface area contributed by atoms with Crippen molar-refractivity contribution in [1.82, 2.24) is 15.2 Å². The van der Waals surface area contributed by atoms with Gasteiger partial charge >= 0.3 is 0 Å². The van der Waals surface area contributed by atoms with E-state index in [4.69, 9.17) is 14.1 Å². The molecule has 0 aliphatic carbocycles. The quantitative estimate of drug-likeness (QED) is 0.766. The molecule has 0 atom stereocenters. The van der Waals surface area contributed by atoms with Crippen LogP contribution in [-0.4, -0.2) is 42.5 Å². The number of nitrogens with zero attached hydrogens (tertiary/aromatic N) is 3. The monoisotopic (exact) mass is 349 g/mol. The molecule has 0 spiro atoms. The first kappa shape index (κ1) is 17.8. The van der Waals surface area contributed by atoms with Crippen molar-refractivity contribution in [2.45, 2.75) is 32.1 Å². The number of ether oxygens (including phenoxy) is 1. The van der Waals surface area contributed by atoms with Crippen molar-refractivity contribution in [3.05, 3.63) is 41.3 Å². The Kier molecular flexibility index (Phi) is 5.99. The van der Waals surface area contributed by atoms with E-state index in [1.54, 1.807) is 13.2 Å². The summed E-state index contributed by atoms with van der Waals surface area (Å²) < 4.78 is 24.0. The summed E-state index contributed by atoms with van der Waals surface area (Å²) >= 11 is 0. The van der Waals surface area contributed by atoms with Crippen LogP contribution < -0.4 is 4.74 Å². The molecule has 0 radical (unpaired) electrons. The van der Waals surface area contributed by atoms with Crippen LogP contribution in [0.2, 0.25) is 0 Å². The van der Waals surface area contributed by atoms with Crippen LogP contribution in [0, 0.1) is 11.7 Å². The molecule has 0 bridgehead atoms. The van der Waals surface area contributed by atoms with Gasteiger partial charge in [0.2, 0.25) is 5.89 Å². The Hall–Kier alpha value is -1.99. The summed E-state index contributed by atoms with van der Waals surface area (Å²) in [4.78, 5) is 9.71. The molecule has 0 amide bonds. The first-order chi connectivity index (χ1) is 12.2. The first-order valence-corrected chi connectivity index (χ1v) is 8.61. The van der Waals surface area contributed by atoms with Crippen LogP contribution in [0.1, 0.15) is 30.1 Å². The number of piperidine rings is 1. The number of halogens is 1. The summed E-state index contributed by atoms with van der Waals surface area (Å²) in [6.45, 7) is 1.87. The van der Waals surface area contributed by atoms with Gasteiger partial charge < -0.3 is 14.1 Å². The molecule has 25 heavy (non-hydrogen) atoms. The number of hydrogen-bond acceptors (Lipinski definition) is 6. The number of hydrogen-bond donors (Lipinski definition) is 0. The van der Waals surface area contributed by atoms with Crippen LogP contribution >= 0.6 is 0 Å². The third kappa shape index (κ3) is 4.76. The van der Waals surface area contributed by atoms with E-state index in [1.807, 2.05) is 11.1 Å². The van der Waals surface area contributed by atoms with Crippen LogP contribution in [0.25, 0.3) is 0 Å². The van der Waals surface area contributed by atoms with E-state index in [2.05, 4.69) is 10.1 Å². The second-order valence-corrected chi connectivity index (χ2v) is 6.33. The predicted octanol–water partition coefficient (Wildman–Crippen LogP) is 2.82. The van der Waals surface area contributed by atoms with Crippen molar-refractivity contribution in [1.29, 1.82) is 0 Å². The van der Waals surface area contributed by atoms with Crippen molar-refractivity contribution in [3.8, 4) is 5.75 Å². The Morgan fingerprint density at radius 3 is 2.72 bits per heavy atom. The van der Waals surface area contributed by atoms with Gasteiger partial charge in [-0.2, -0.15) is 10.0 Å². The smallest absolute Gasteiger partial charge is 0.226 e. The Morgan fingerprint density at radius 1 is 1.24 bits per heavy atom. The van der Waals surface area contributed by atoms with Gasteiger partial charge in [-0.1, -0.05) is 11.2 Å². The minimum atomic E-state index is -0.351. The number of aromatic nitrogens is 2. The van der Waals surface area contributed by atoms with Gasteiger partial charge in [0.1, 0.15) is 0 Å². The van der Waals surface area contributed by atoms with Crippen molar-refractivity contribution in [2.75, 3.05) is 27.3 Å². The number of rotatable bonds is 7. The Bertz CT molecular complexity index is 684. The van der Waals surface area contributed by atoms with E-state index >= 15 is 0 Å². The fourth-order valence-electron chi connectivity index (χ4n) is 3.14. The molecule has 1 aromatic heterocycles. The van der Waals surface area contributed by atoms with Gasteiger partial charge in [0.05, 0.1) is 14.2 Å². The van der Waals surface area contributed by atoms with Crippen molar-refractivity contribution in [2.24, 2.45) is 5.92 Å². The molecule has 3 rings (SSSR count). The minimum absolute atomic E-state index is 0.255. The molecule has 2 heterocycles. The number of hydroxylamine groups is 2. The first-order valence-electron chi connectivity index (χ1n) is 8.61. The van der Waals surface area contributed by atoms with E-state index < -0.39 is 0 Å². The highest BCUT2D eigenvalue weighted by Crippen LogP contribution is 2.21. The van der Waals surface area contributed by atoms with E-state index in [-0.39, 0.29) is 11.6 Å². The standard InChI is InChI=1S/C18H24FN3O3/c1-23-16-5-3-13(11-15(16)19)4-6-17-20-18(25-21-17)12-14-7-9-22(24-2)10-8-14/h3,5,11,14H,4,6-10,12H2,1-2H3. The molecule has 0 N–H and O–H groups in total. The topological polar surface area (TPSA) is 60.6 Å². The maximum absolute atomic E-state index is 13.7. The predicted molar refractivity (Wildman–Crippen MR) is 89.7 cm³/mol. The van der Waals surface area contributed by atoms with Crippen molar-refractivity contribution >= 4 is 0 Å². The third-order valence-corrected chi connectivity index (χ3v) is 4.66. The lowest BCUT2D eigenvalue weighted by Crippen LogP contribution is -2.33. The number of methoxy groups -OCH3 is 1. The highest BCUT2D eigenvalue weighted by atomic mass is 19.1. The van der Waals surface area contributed by atoms with Crippen molar-refractivity contribution < 1.29 is 18.5 Å². The van der Waals surface area contributed by atoms with Gasteiger partial charge in [-0.05, 0) is 42.9 Å². The van der Waals surface area contributed by atoms with Gasteiger partial charge in [0.25, 0.3) is 0 Å². The summed E-state index contributed by atoms with van der Waals surface area (Å²) in [6.07, 6.45) is 4.22. The van der Waals surface area contributed by atoms with Gasteiger partial charge in [0.15, 0.2) is 17.4 Å². The van der Waals surface area contributed by atoms with E-state index in [0.29, 0.717) is 30.5 Å². The fourth-order valence-corrected chi connectivity index (χ4v) is 3.14. The molecule has 0 saturated carbocycles. The highest BCUT2D eigenvalue weighted by Gasteiger charge is 2.21. The highest BCUT2D eigenvalue weighted by molar-refractivity contribution is 5.29. The average molecular weight is 349 g/mol. The third-order valence-electron chi connectivity index (χ3n) is 4.66. The molecular weight excluding hydrogens is 325 g/mol. The van der Waals surface area contributed by atoms with Crippen LogP contribution in [0.3, 0.4) is 0 Å². The molecule has 1 aliphatic rings. The summed E-state index contributed by atoms with van der Waals surface area (Å²) in [6, 6.07) is 4.98. The van der Waals surface area contributed by atoms with Gasteiger partial charge in [-0.15, -0.1) is 0 Å². The number of aryl methyl sites for hydroxylation is 2. The Balaban J connectivity index is 1.49. The number of benzene rings is 1. The zero-order valence-corrected chi connectivity index (χ0v) is 14.7. The van der Waals surface area contributed by atoms with E-state index in [1.165, 1.54) is 13.2 Å². The van der Waals surface area contributed by atoms with E-state index in [0.717, 1.165) is 37.9 Å². The van der Waals surface area contributed by atoms with Gasteiger partial charge in [-0.3, -0.25) is 0 Å². The molecule has 7 heteroatoms. The zero-order valence-electron chi connectivity index (χ0n) is 14.7. The average Bonchev–Trinajstić information content (AvgIpc) is 3.08. The van der Waals surface area contributed by atoms with Crippen LogP contribution in [0.15, 0.2) is 22.7 Å². The lowest BCUT2D eigenvalue weighted by Gasteiger charge is -2.29. The molecule has 1 fully saturated rings. The molecule has 1 saturated heterocycles. The van der Waals surface area contributed by atoms with Gasteiger partial charge in [-0.25, -0.2) is 4.39 Å². The maximum atomic E-state index is 13.7. The Labute approximate surface area is 146 Å². The minimum Gasteiger partial charge on any atom is -0.494 e. The van der Waals surface area contributed by atoms with E-state index in [9.17, 15) is 4.39 Å². The second-order valence-electron chi connectivity index (χ2n) is 6.33. The molecule has 1 aliphatic heterocycles. The molecule has 6 nitrogen and oxygen atoms in total. The summed E-state index contributed by atoms with van der Waals surface area (Å²) in [5.41, 5.74) is 0.886. The van der Waals surface area contributed by atoms with Crippen LogP contribution in [0.4, 0.5) is 4.39 Å². The van der Waals surface area contributed by atoms with Crippen LogP contribution in [0.5, 0.6) is 5.75 Å². The fraction of sp³-hybridized carbons (Fsp3) is 0.556. The van der Waals surface area contributed by atoms with Crippen molar-refractivity contribution in [3.63, 3.8) is 0 Å². The maximum Gasteiger partial charge on any atom is 0.226 e.